The molecule has 0 spiro atoms. The Balaban J connectivity index is 2.36. The summed E-state index contributed by atoms with van der Waals surface area (Å²) in [5, 5.41) is 12.6. The first-order chi connectivity index (χ1) is 8.99. The van der Waals surface area contributed by atoms with Crippen molar-refractivity contribution in [1.82, 2.24) is 4.98 Å². The number of aromatic carboxylic acids is 1. The first-order valence-corrected chi connectivity index (χ1v) is 6.15. The molecule has 0 fully saturated rings. The average molecular weight is 297 g/mol. The van der Waals surface area contributed by atoms with Crippen molar-refractivity contribution in [3.05, 3.63) is 51.6 Å². The molecule has 98 valence electrons. The number of nitrogens with zero attached hydrogens (tertiary/aromatic N) is 1. The van der Waals surface area contributed by atoms with E-state index in [9.17, 15) is 4.79 Å². The van der Waals surface area contributed by atoms with Gasteiger partial charge in [0.05, 0.1) is 21.3 Å². The molecule has 0 saturated heterocycles. The number of carboxylic acid groups (broad SMARTS) is 1. The van der Waals surface area contributed by atoms with Crippen LogP contribution in [0.4, 0.5) is 11.5 Å². The highest BCUT2D eigenvalue weighted by molar-refractivity contribution is 6.34. The molecule has 2 N–H and O–H groups in total. The van der Waals surface area contributed by atoms with Crippen LogP contribution in [-0.4, -0.2) is 16.1 Å². The van der Waals surface area contributed by atoms with Crippen molar-refractivity contribution in [3.8, 4) is 0 Å². The number of halogens is 2. The lowest BCUT2D eigenvalue weighted by molar-refractivity contribution is 0.0696. The van der Waals surface area contributed by atoms with Gasteiger partial charge in [-0.2, -0.15) is 0 Å². The first kappa shape index (κ1) is 13.6. The molecule has 2 aromatic rings. The third-order valence-corrected chi connectivity index (χ3v) is 3.16. The minimum Gasteiger partial charge on any atom is -0.478 e. The molecule has 0 aliphatic heterocycles. The van der Waals surface area contributed by atoms with Gasteiger partial charge in [-0.15, -0.1) is 0 Å². The van der Waals surface area contributed by atoms with E-state index in [0.29, 0.717) is 16.5 Å². The van der Waals surface area contributed by atoms with E-state index >= 15 is 0 Å². The molecule has 0 radical (unpaired) electrons. The SMILES string of the molecule is Cc1cccc(Cl)c1Nc1ncc(C(=O)O)cc1Cl. The topological polar surface area (TPSA) is 62.2 Å². The number of carbonyl (C=O) groups is 1. The van der Waals surface area contributed by atoms with Crippen LogP contribution in [0.5, 0.6) is 0 Å². The first-order valence-electron chi connectivity index (χ1n) is 5.40. The van der Waals surface area contributed by atoms with Gasteiger partial charge in [-0.05, 0) is 24.6 Å². The molecular formula is C13H10Cl2N2O2. The van der Waals surface area contributed by atoms with E-state index in [-0.39, 0.29) is 10.6 Å². The second-order valence-electron chi connectivity index (χ2n) is 3.92. The van der Waals surface area contributed by atoms with Crippen molar-refractivity contribution in [1.29, 1.82) is 0 Å². The van der Waals surface area contributed by atoms with E-state index in [4.69, 9.17) is 28.3 Å². The van der Waals surface area contributed by atoms with Gasteiger partial charge in [-0.3, -0.25) is 0 Å². The van der Waals surface area contributed by atoms with Crippen LogP contribution in [0.25, 0.3) is 0 Å². The van der Waals surface area contributed by atoms with Gasteiger partial charge in [0, 0.05) is 6.20 Å². The lowest BCUT2D eigenvalue weighted by Gasteiger charge is -2.12. The van der Waals surface area contributed by atoms with Crippen molar-refractivity contribution >= 4 is 40.7 Å². The lowest BCUT2D eigenvalue weighted by atomic mass is 10.2. The second-order valence-corrected chi connectivity index (χ2v) is 4.73. The smallest absolute Gasteiger partial charge is 0.337 e. The molecule has 6 heteroatoms. The maximum Gasteiger partial charge on any atom is 0.337 e. The molecular weight excluding hydrogens is 287 g/mol. The number of hydrogen-bond acceptors (Lipinski definition) is 3. The molecule has 0 aliphatic carbocycles. The number of para-hydroxylation sites is 1. The van der Waals surface area contributed by atoms with Crippen LogP contribution in [0.15, 0.2) is 30.5 Å². The maximum atomic E-state index is 10.8. The zero-order valence-corrected chi connectivity index (χ0v) is 11.5. The summed E-state index contributed by atoms with van der Waals surface area (Å²) in [5.74, 6) is -0.710. The Morgan fingerprint density at radius 1 is 1.32 bits per heavy atom. The molecule has 0 saturated carbocycles. The molecule has 1 aromatic carbocycles. The van der Waals surface area contributed by atoms with Gasteiger partial charge in [0.1, 0.15) is 5.82 Å². The van der Waals surface area contributed by atoms with E-state index in [1.54, 1.807) is 6.07 Å². The molecule has 0 atom stereocenters. The number of aromatic nitrogens is 1. The molecule has 1 aromatic heterocycles. The van der Waals surface area contributed by atoms with E-state index < -0.39 is 5.97 Å². The van der Waals surface area contributed by atoms with E-state index in [1.807, 2.05) is 19.1 Å². The van der Waals surface area contributed by atoms with Gasteiger partial charge < -0.3 is 10.4 Å². The van der Waals surface area contributed by atoms with Crippen LogP contribution in [-0.2, 0) is 0 Å². The number of aryl methyl sites for hydroxylation is 1. The number of nitrogens with one attached hydrogen (secondary N) is 1. The highest BCUT2D eigenvalue weighted by Gasteiger charge is 2.11. The zero-order valence-electron chi connectivity index (χ0n) is 9.95. The number of rotatable bonds is 3. The maximum absolute atomic E-state index is 10.8. The summed E-state index contributed by atoms with van der Waals surface area (Å²) in [7, 11) is 0. The van der Waals surface area contributed by atoms with Crippen molar-refractivity contribution in [2.75, 3.05) is 5.32 Å². The predicted octanol–water partition coefficient (Wildman–Crippen LogP) is 4.14. The van der Waals surface area contributed by atoms with Crippen LogP contribution in [0, 0.1) is 6.92 Å². The zero-order chi connectivity index (χ0) is 14.0. The molecule has 0 aliphatic rings. The molecule has 0 unspecified atom stereocenters. The minimum atomic E-state index is -1.07. The van der Waals surface area contributed by atoms with Crippen LogP contribution in [0.2, 0.25) is 10.0 Å². The van der Waals surface area contributed by atoms with Crippen LogP contribution < -0.4 is 5.32 Å². The lowest BCUT2D eigenvalue weighted by Crippen LogP contribution is -2.01. The molecule has 2 rings (SSSR count). The van der Waals surface area contributed by atoms with Crippen molar-refractivity contribution in [2.24, 2.45) is 0 Å². The van der Waals surface area contributed by atoms with Crippen LogP contribution in [0.1, 0.15) is 15.9 Å². The fourth-order valence-corrected chi connectivity index (χ4v) is 2.04. The van der Waals surface area contributed by atoms with Gasteiger partial charge in [-0.1, -0.05) is 35.3 Å². The summed E-state index contributed by atoms with van der Waals surface area (Å²) >= 11 is 12.1. The number of benzene rings is 1. The summed E-state index contributed by atoms with van der Waals surface area (Å²) in [6.07, 6.45) is 1.24. The third kappa shape index (κ3) is 2.97. The largest absolute Gasteiger partial charge is 0.478 e. The Kier molecular flexibility index (Phi) is 3.93. The van der Waals surface area contributed by atoms with Crippen molar-refractivity contribution in [2.45, 2.75) is 6.92 Å². The second kappa shape index (κ2) is 5.47. The summed E-state index contributed by atoms with van der Waals surface area (Å²) < 4.78 is 0. The summed E-state index contributed by atoms with van der Waals surface area (Å²) in [4.78, 5) is 14.8. The minimum absolute atomic E-state index is 0.0337. The van der Waals surface area contributed by atoms with Crippen molar-refractivity contribution in [3.63, 3.8) is 0 Å². The van der Waals surface area contributed by atoms with Gasteiger partial charge in [-0.25, -0.2) is 9.78 Å². The van der Waals surface area contributed by atoms with E-state index in [2.05, 4.69) is 10.3 Å². The highest BCUT2D eigenvalue weighted by atomic mass is 35.5. The summed E-state index contributed by atoms with van der Waals surface area (Å²) in [6.45, 7) is 1.90. The van der Waals surface area contributed by atoms with E-state index in [0.717, 1.165) is 5.56 Å². The van der Waals surface area contributed by atoms with Gasteiger partial charge in [0.25, 0.3) is 0 Å². The van der Waals surface area contributed by atoms with Gasteiger partial charge >= 0.3 is 5.97 Å². The Morgan fingerprint density at radius 3 is 2.63 bits per heavy atom. The quantitative estimate of drug-likeness (QED) is 0.893. The standard InChI is InChI=1S/C13H10Cl2N2O2/c1-7-3-2-4-9(14)11(7)17-12-10(15)5-8(6-16-12)13(18)19/h2-6H,1H3,(H,16,17)(H,18,19). The average Bonchev–Trinajstić information content (AvgIpc) is 2.35. The number of hydrogen-bond donors (Lipinski definition) is 2. The molecule has 4 nitrogen and oxygen atoms in total. The van der Waals surface area contributed by atoms with Crippen LogP contribution >= 0.6 is 23.2 Å². The number of pyridine rings is 1. The Bertz CT molecular complexity index is 624. The Hall–Kier alpha value is -1.78. The summed E-state index contributed by atoms with van der Waals surface area (Å²) in [6, 6.07) is 6.82. The molecule has 19 heavy (non-hydrogen) atoms. The monoisotopic (exact) mass is 296 g/mol. The van der Waals surface area contributed by atoms with Gasteiger partial charge in [0.2, 0.25) is 0 Å². The Morgan fingerprint density at radius 2 is 2.05 bits per heavy atom. The predicted molar refractivity (Wildman–Crippen MR) is 75.7 cm³/mol. The Labute approximate surface area is 120 Å². The van der Waals surface area contributed by atoms with E-state index in [1.165, 1.54) is 12.3 Å². The molecule has 1 heterocycles. The normalized spacial score (nSPS) is 10.3. The summed E-state index contributed by atoms with van der Waals surface area (Å²) in [5.41, 5.74) is 1.67. The number of anilines is 2. The third-order valence-electron chi connectivity index (χ3n) is 2.55. The fraction of sp³-hybridized carbons (Fsp3) is 0.0769. The molecule has 0 amide bonds. The molecule has 0 bridgehead atoms. The number of carboxylic acids is 1. The van der Waals surface area contributed by atoms with Crippen LogP contribution in [0.3, 0.4) is 0 Å². The van der Waals surface area contributed by atoms with Gasteiger partial charge in [0.15, 0.2) is 0 Å². The fourth-order valence-electron chi connectivity index (χ4n) is 1.56. The highest BCUT2D eigenvalue weighted by Crippen LogP contribution is 2.31. The van der Waals surface area contributed by atoms with Crippen molar-refractivity contribution < 1.29 is 9.90 Å².